The maximum atomic E-state index is 12.8. The molecule has 0 spiro atoms. The molecule has 36 heavy (non-hydrogen) atoms. The Kier molecular flexibility index (Phi) is 6.41. The van der Waals surface area contributed by atoms with Crippen LogP contribution in [-0.2, 0) is 11.0 Å². The molecule has 1 fully saturated rings. The summed E-state index contributed by atoms with van der Waals surface area (Å²) in [5.41, 5.74) is 0.549. The minimum atomic E-state index is -4.41. The number of carbonyl (C=O) groups is 1. The molecule has 0 saturated carbocycles. The lowest BCUT2D eigenvalue weighted by molar-refractivity contribution is -0.137. The van der Waals surface area contributed by atoms with Gasteiger partial charge in [-0.25, -0.2) is 4.98 Å². The van der Waals surface area contributed by atoms with E-state index in [4.69, 9.17) is 0 Å². The number of halogens is 3. The minimum absolute atomic E-state index is 0.227. The van der Waals surface area contributed by atoms with Crippen LogP contribution in [-0.4, -0.2) is 38.7 Å². The average Bonchev–Trinajstić information content (AvgIpc) is 3.39. The topological polar surface area (TPSA) is 75.9 Å². The molecule has 0 bridgehead atoms. The largest absolute Gasteiger partial charge is 0.416 e. The van der Waals surface area contributed by atoms with Gasteiger partial charge in [0, 0.05) is 36.7 Å². The number of anilines is 2. The molecule has 7 nitrogen and oxygen atoms in total. The fraction of sp³-hybridized carbons (Fsp3) is 0.231. The van der Waals surface area contributed by atoms with Gasteiger partial charge in [0.1, 0.15) is 5.82 Å². The zero-order valence-corrected chi connectivity index (χ0v) is 19.2. The quantitative estimate of drug-likeness (QED) is 0.414. The number of imidazole rings is 1. The second-order valence-corrected chi connectivity index (χ2v) is 8.59. The standard InChI is InChI=1S/C26H23F3N6O/c27-26(28,29)20-8-10-21(11-9-20)31-25(36)19-7-4-15-34(17-19)22-12-13-23(33-32-22)35-16-14-30-24(35)18-5-2-1-3-6-18/h1-3,5-6,8-14,16,19H,4,7,15,17H2,(H,31,36). The van der Waals surface area contributed by atoms with Crippen molar-refractivity contribution >= 4 is 17.4 Å². The Morgan fingerprint density at radius 2 is 1.67 bits per heavy atom. The lowest BCUT2D eigenvalue weighted by Crippen LogP contribution is -2.41. The summed E-state index contributed by atoms with van der Waals surface area (Å²) in [7, 11) is 0. The first kappa shape index (κ1) is 23.5. The number of benzene rings is 2. The van der Waals surface area contributed by atoms with Gasteiger partial charge in [-0.1, -0.05) is 30.3 Å². The number of hydrogen-bond acceptors (Lipinski definition) is 5. The zero-order chi connectivity index (χ0) is 25.1. The van der Waals surface area contributed by atoms with Crippen LogP contribution in [0.5, 0.6) is 0 Å². The van der Waals surface area contributed by atoms with Crippen LogP contribution in [0.15, 0.2) is 79.1 Å². The van der Waals surface area contributed by atoms with E-state index in [1.807, 2.05) is 58.1 Å². The van der Waals surface area contributed by atoms with Crippen LogP contribution in [0.3, 0.4) is 0 Å². The molecule has 2 aromatic carbocycles. The van der Waals surface area contributed by atoms with Crippen LogP contribution in [0.2, 0.25) is 0 Å². The van der Waals surface area contributed by atoms with Gasteiger partial charge in [-0.15, -0.1) is 10.2 Å². The van der Waals surface area contributed by atoms with Crippen molar-refractivity contribution in [1.29, 1.82) is 0 Å². The van der Waals surface area contributed by atoms with Crippen LogP contribution in [0.4, 0.5) is 24.7 Å². The van der Waals surface area contributed by atoms with Crippen molar-refractivity contribution in [3.05, 3.63) is 84.7 Å². The zero-order valence-electron chi connectivity index (χ0n) is 19.2. The van der Waals surface area contributed by atoms with Crippen LogP contribution < -0.4 is 10.2 Å². The van der Waals surface area contributed by atoms with E-state index in [1.165, 1.54) is 12.1 Å². The molecule has 1 N–H and O–H groups in total. The Morgan fingerprint density at radius 3 is 2.36 bits per heavy atom. The summed E-state index contributed by atoms with van der Waals surface area (Å²) in [6, 6.07) is 18.0. The van der Waals surface area contributed by atoms with Crippen molar-refractivity contribution in [2.75, 3.05) is 23.3 Å². The van der Waals surface area contributed by atoms with Gasteiger partial charge in [-0.2, -0.15) is 13.2 Å². The van der Waals surface area contributed by atoms with Gasteiger partial charge < -0.3 is 10.2 Å². The predicted octanol–water partition coefficient (Wildman–Crippen LogP) is 5.20. The highest BCUT2D eigenvalue weighted by molar-refractivity contribution is 5.93. The third-order valence-corrected chi connectivity index (χ3v) is 6.15. The predicted molar refractivity (Wildman–Crippen MR) is 130 cm³/mol. The molecule has 10 heteroatoms. The molecule has 0 radical (unpaired) electrons. The SMILES string of the molecule is O=C(Nc1ccc(C(F)(F)F)cc1)C1CCCN(c2ccc(-n3ccnc3-c3ccccc3)nn2)C1. The number of rotatable bonds is 5. The van der Waals surface area contributed by atoms with E-state index >= 15 is 0 Å². The summed E-state index contributed by atoms with van der Waals surface area (Å²) < 4.78 is 40.2. The Bertz CT molecular complexity index is 1320. The molecule has 1 unspecified atom stereocenters. The number of nitrogens with zero attached hydrogens (tertiary/aromatic N) is 5. The van der Waals surface area contributed by atoms with Gasteiger partial charge in [0.2, 0.25) is 5.91 Å². The van der Waals surface area contributed by atoms with Gasteiger partial charge in [-0.05, 0) is 49.2 Å². The van der Waals surface area contributed by atoms with Gasteiger partial charge >= 0.3 is 6.18 Å². The first-order valence-electron chi connectivity index (χ1n) is 11.5. The molecule has 1 saturated heterocycles. The van der Waals surface area contributed by atoms with E-state index in [0.29, 0.717) is 30.3 Å². The highest BCUT2D eigenvalue weighted by atomic mass is 19.4. The van der Waals surface area contributed by atoms with Gasteiger partial charge in [0.25, 0.3) is 0 Å². The van der Waals surface area contributed by atoms with Crippen molar-refractivity contribution in [2.24, 2.45) is 5.92 Å². The number of piperidine rings is 1. The van der Waals surface area contributed by atoms with E-state index in [0.717, 1.165) is 36.5 Å². The summed E-state index contributed by atoms with van der Waals surface area (Å²) >= 11 is 0. The van der Waals surface area contributed by atoms with Crippen molar-refractivity contribution in [3.63, 3.8) is 0 Å². The highest BCUT2D eigenvalue weighted by Crippen LogP contribution is 2.30. The van der Waals surface area contributed by atoms with Gasteiger partial charge in [-0.3, -0.25) is 9.36 Å². The first-order chi connectivity index (χ1) is 17.4. The second-order valence-electron chi connectivity index (χ2n) is 8.59. The van der Waals surface area contributed by atoms with E-state index in [-0.39, 0.29) is 11.8 Å². The maximum absolute atomic E-state index is 12.8. The Labute approximate surface area is 205 Å². The molecule has 1 amide bonds. The van der Waals surface area contributed by atoms with E-state index in [1.54, 1.807) is 6.20 Å². The van der Waals surface area contributed by atoms with E-state index in [9.17, 15) is 18.0 Å². The number of hydrogen-bond donors (Lipinski definition) is 1. The molecule has 1 aliphatic rings. The smallest absolute Gasteiger partial charge is 0.354 e. The summed E-state index contributed by atoms with van der Waals surface area (Å²) in [6.07, 6.45) is 0.596. The van der Waals surface area contributed by atoms with Gasteiger partial charge in [0.15, 0.2) is 11.6 Å². The highest BCUT2D eigenvalue weighted by Gasteiger charge is 2.30. The molecular weight excluding hydrogens is 469 g/mol. The number of amides is 1. The summed E-state index contributed by atoms with van der Waals surface area (Å²) in [5.74, 6) is 1.50. The van der Waals surface area contributed by atoms with Crippen molar-refractivity contribution < 1.29 is 18.0 Å². The maximum Gasteiger partial charge on any atom is 0.416 e. The Hall–Kier alpha value is -4.21. The van der Waals surface area contributed by atoms with Crippen molar-refractivity contribution in [1.82, 2.24) is 19.7 Å². The second kappa shape index (κ2) is 9.80. The molecule has 3 heterocycles. The lowest BCUT2D eigenvalue weighted by atomic mass is 9.97. The lowest BCUT2D eigenvalue weighted by Gasteiger charge is -2.32. The molecule has 1 aliphatic heterocycles. The minimum Gasteiger partial charge on any atom is -0.354 e. The molecule has 1 atom stereocenters. The summed E-state index contributed by atoms with van der Waals surface area (Å²) in [6.45, 7) is 1.18. The van der Waals surface area contributed by atoms with Crippen LogP contribution in [0.25, 0.3) is 17.2 Å². The third kappa shape index (κ3) is 5.07. The number of aromatic nitrogens is 4. The Morgan fingerprint density at radius 1 is 0.944 bits per heavy atom. The third-order valence-electron chi connectivity index (χ3n) is 6.15. The van der Waals surface area contributed by atoms with Crippen LogP contribution >= 0.6 is 0 Å². The molecule has 5 rings (SSSR count). The molecule has 0 aliphatic carbocycles. The summed E-state index contributed by atoms with van der Waals surface area (Å²) in [4.78, 5) is 19.2. The number of nitrogens with one attached hydrogen (secondary N) is 1. The van der Waals surface area contributed by atoms with Gasteiger partial charge in [0.05, 0.1) is 11.5 Å². The molecule has 184 valence electrons. The van der Waals surface area contributed by atoms with Crippen LogP contribution in [0.1, 0.15) is 18.4 Å². The Balaban J connectivity index is 1.25. The number of alkyl halides is 3. The fourth-order valence-corrected chi connectivity index (χ4v) is 4.29. The molecule has 2 aromatic heterocycles. The number of carbonyl (C=O) groups excluding carboxylic acids is 1. The van der Waals surface area contributed by atoms with Crippen molar-refractivity contribution in [2.45, 2.75) is 19.0 Å². The molecule has 4 aromatic rings. The fourth-order valence-electron chi connectivity index (χ4n) is 4.29. The normalized spacial score (nSPS) is 16.1. The average molecular weight is 493 g/mol. The first-order valence-corrected chi connectivity index (χ1v) is 11.5. The molecular formula is C26H23F3N6O. The van der Waals surface area contributed by atoms with Crippen LogP contribution in [0, 0.1) is 5.92 Å². The van der Waals surface area contributed by atoms with Crippen molar-refractivity contribution in [3.8, 4) is 17.2 Å². The summed E-state index contributed by atoms with van der Waals surface area (Å²) in [5, 5.41) is 11.5. The monoisotopic (exact) mass is 492 g/mol. The van der Waals surface area contributed by atoms with E-state index in [2.05, 4.69) is 20.5 Å². The van der Waals surface area contributed by atoms with E-state index < -0.39 is 11.7 Å².